The van der Waals surface area contributed by atoms with Crippen molar-refractivity contribution in [3.8, 4) is 17.0 Å². The highest BCUT2D eigenvalue weighted by molar-refractivity contribution is 5.82. The number of methoxy groups -OCH3 is 1. The first-order chi connectivity index (χ1) is 15.4. The van der Waals surface area contributed by atoms with E-state index in [0.717, 1.165) is 51.5 Å². The molecule has 0 saturated carbocycles. The summed E-state index contributed by atoms with van der Waals surface area (Å²) in [5.41, 5.74) is 6.46. The molecular formula is C25H35N5O2. The van der Waals surface area contributed by atoms with Crippen molar-refractivity contribution in [3.63, 3.8) is 0 Å². The fourth-order valence-corrected chi connectivity index (χ4v) is 3.44. The maximum absolute atomic E-state index is 7.57. The van der Waals surface area contributed by atoms with Crippen LogP contribution in [0.2, 0.25) is 0 Å². The van der Waals surface area contributed by atoms with Crippen LogP contribution in [-0.4, -0.2) is 40.1 Å². The molecule has 1 N–H and O–H groups in total. The van der Waals surface area contributed by atoms with Gasteiger partial charge in [0, 0.05) is 43.4 Å². The Labute approximate surface area is 191 Å². The summed E-state index contributed by atoms with van der Waals surface area (Å²) in [6, 6.07) is 6.30. The zero-order valence-corrected chi connectivity index (χ0v) is 20.3. The van der Waals surface area contributed by atoms with E-state index >= 15 is 0 Å². The first-order valence-corrected chi connectivity index (χ1v) is 10.9. The Morgan fingerprint density at radius 1 is 1.28 bits per heavy atom. The van der Waals surface area contributed by atoms with Gasteiger partial charge in [0.25, 0.3) is 0 Å². The van der Waals surface area contributed by atoms with Crippen LogP contribution in [0.15, 0.2) is 41.8 Å². The lowest BCUT2D eigenvalue weighted by molar-refractivity contribution is 0.318. The second-order valence-electron chi connectivity index (χ2n) is 7.48. The third-order valence-electron chi connectivity index (χ3n) is 5.22. The van der Waals surface area contributed by atoms with Crippen LogP contribution < -0.4 is 9.75 Å². The van der Waals surface area contributed by atoms with Gasteiger partial charge in [-0.1, -0.05) is 13.0 Å². The predicted molar refractivity (Wildman–Crippen MR) is 134 cm³/mol. The van der Waals surface area contributed by atoms with Crippen molar-refractivity contribution in [2.24, 2.45) is 5.10 Å². The molecule has 0 aliphatic carbocycles. The maximum atomic E-state index is 7.57. The Hall–Kier alpha value is -3.19. The molecule has 3 aromatic rings. The Bertz CT molecular complexity index is 1090. The molecule has 2 aromatic heterocycles. The number of rotatable bonds is 7. The van der Waals surface area contributed by atoms with E-state index in [0.29, 0.717) is 6.04 Å². The molecule has 32 heavy (non-hydrogen) atoms. The number of hydrazone groups is 1. The van der Waals surface area contributed by atoms with Crippen LogP contribution in [0, 0.1) is 13.8 Å². The summed E-state index contributed by atoms with van der Waals surface area (Å²) in [6.07, 6.45) is 6.94. The molecule has 2 heterocycles. The zero-order chi connectivity index (χ0) is 23.8. The van der Waals surface area contributed by atoms with Crippen LogP contribution in [0.5, 0.6) is 5.75 Å². The number of benzene rings is 1. The molecule has 0 fully saturated rings. The fraction of sp³-hybridized carbons (Fsp3) is 0.400. The smallest absolute Gasteiger partial charge is 0.159 e. The van der Waals surface area contributed by atoms with E-state index in [1.807, 2.05) is 44.3 Å². The molecule has 1 atom stereocenters. The first-order valence-electron chi connectivity index (χ1n) is 10.9. The summed E-state index contributed by atoms with van der Waals surface area (Å²) >= 11 is 0. The Morgan fingerprint density at radius 3 is 2.53 bits per heavy atom. The van der Waals surface area contributed by atoms with Crippen molar-refractivity contribution in [3.05, 3.63) is 47.9 Å². The van der Waals surface area contributed by atoms with Gasteiger partial charge in [0.05, 0.1) is 24.2 Å². The SMILES string of the molecule is C=NN(/C=C\C)c1ccc(-c2nc3c(C)cn([C@@H](C)CC)c3nc2C)c(OC)c1.CCO. The number of allylic oxidation sites excluding steroid dienone is 1. The van der Waals surface area contributed by atoms with Gasteiger partial charge in [-0.25, -0.2) is 15.0 Å². The second-order valence-corrected chi connectivity index (χ2v) is 7.48. The highest BCUT2D eigenvalue weighted by atomic mass is 16.5. The normalized spacial score (nSPS) is 11.9. The molecule has 0 spiro atoms. The highest BCUT2D eigenvalue weighted by Crippen LogP contribution is 2.36. The zero-order valence-electron chi connectivity index (χ0n) is 20.3. The van der Waals surface area contributed by atoms with Crippen molar-refractivity contribution in [2.45, 2.75) is 54.0 Å². The number of aromatic nitrogens is 3. The highest BCUT2D eigenvalue weighted by Gasteiger charge is 2.18. The molecule has 1 aromatic carbocycles. The number of fused-ring (bicyclic) bond motifs is 1. The molecular weight excluding hydrogens is 402 g/mol. The average molecular weight is 438 g/mol. The van der Waals surface area contributed by atoms with Crippen molar-refractivity contribution < 1.29 is 9.84 Å². The minimum atomic E-state index is 0.250. The second kappa shape index (κ2) is 11.4. The van der Waals surface area contributed by atoms with E-state index in [1.54, 1.807) is 19.0 Å². The van der Waals surface area contributed by atoms with Gasteiger partial charge in [-0.05, 0) is 58.7 Å². The van der Waals surface area contributed by atoms with Crippen LogP contribution >= 0.6 is 0 Å². The van der Waals surface area contributed by atoms with Crippen LogP contribution in [0.1, 0.15) is 51.4 Å². The molecule has 7 nitrogen and oxygen atoms in total. The number of aliphatic hydroxyl groups is 1. The number of anilines is 1. The van der Waals surface area contributed by atoms with Gasteiger partial charge in [0.2, 0.25) is 0 Å². The molecule has 172 valence electrons. The molecule has 0 radical (unpaired) electrons. The summed E-state index contributed by atoms with van der Waals surface area (Å²) in [4.78, 5) is 9.91. The van der Waals surface area contributed by atoms with Gasteiger partial charge in [0.1, 0.15) is 11.3 Å². The standard InChI is InChI=1S/C23H29N5O.C2H6O/c1-8-12-28(24-6)18-10-11-19(20(13-18)29-7)22-17(5)25-23-21(26-22)15(3)14-27(23)16(4)9-2;1-2-3/h8,10-14,16H,6,9H2,1-5,7H3;3H,2H2,1H3/b12-8-;/t16-;/m0./s1. The average Bonchev–Trinajstić information content (AvgIpc) is 3.11. The molecule has 0 unspecified atom stereocenters. The molecule has 0 saturated heterocycles. The number of ether oxygens (including phenoxy) is 1. The van der Waals surface area contributed by atoms with Crippen LogP contribution in [0.3, 0.4) is 0 Å². The quantitative estimate of drug-likeness (QED) is 0.382. The van der Waals surface area contributed by atoms with Crippen molar-refractivity contribution >= 4 is 23.6 Å². The number of aliphatic hydroxyl groups excluding tert-OH is 1. The number of nitrogens with zero attached hydrogens (tertiary/aromatic N) is 5. The first kappa shape index (κ1) is 25.1. The lowest BCUT2D eigenvalue weighted by Gasteiger charge is -2.17. The minimum Gasteiger partial charge on any atom is -0.496 e. The molecule has 0 amide bonds. The predicted octanol–water partition coefficient (Wildman–Crippen LogP) is 5.65. The summed E-state index contributed by atoms with van der Waals surface area (Å²) in [6.45, 7) is 16.0. The third-order valence-corrected chi connectivity index (χ3v) is 5.22. The van der Waals surface area contributed by atoms with E-state index < -0.39 is 0 Å². The van der Waals surface area contributed by atoms with Gasteiger partial charge in [-0.15, -0.1) is 0 Å². The van der Waals surface area contributed by atoms with Gasteiger partial charge in [-0.3, -0.25) is 0 Å². The van der Waals surface area contributed by atoms with E-state index in [4.69, 9.17) is 19.8 Å². The maximum Gasteiger partial charge on any atom is 0.159 e. The van der Waals surface area contributed by atoms with Crippen molar-refractivity contribution in [1.82, 2.24) is 14.5 Å². The summed E-state index contributed by atoms with van der Waals surface area (Å²) in [5.74, 6) is 0.719. The summed E-state index contributed by atoms with van der Waals surface area (Å²) < 4.78 is 7.91. The Morgan fingerprint density at radius 2 is 1.97 bits per heavy atom. The van der Waals surface area contributed by atoms with E-state index in [1.165, 1.54) is 0 Å². The monoisotopic (exact) mass is 437 g/mol. The lowest BCUT2D eigenvalue weighted by atomic mass is 10.1. The van der Waals surface area contributed by atoms with Crippen molar-refractivity contribution in [1.29, 1.82) is 0 Å². The van der Waals surface area contributed by atoms with Gasteiger partial charge >= 0.3 is 0 Å². The Kier molecular flexibility index (Phi) is 8.96. The number of hydrogen-bond acceptors (Lipinski definition) is 6. The molecule has 0 bridgehead atoms. The van der Waals surface area contributed by atoms with Crippen molar-refractivity contribution in [2.75, 3.05) is 18.7 Å². The molecule has 0 aliphatic rings. The van der Waals surface area contributed by atoms with Gasteiger partial charge in [-0.2, -0.15) is 5.10 Å². The van der Waals surface area contributed by atoms with Gasteiger partial charge in [0.15, 0.2) is 5.65 Å². The Balaban J connectivity index is 0.00000114. The summed E-state index contributed by atoms with van der Waals surface area (Å²) in [7, 11) is 1.66. The van der Waals surface area contributed by atoms with Crippen LogP contribution in [0.4, 0.5) is 5.69 Å². The lowest BCUT2D eigenvalue weighted by Crippen LogP contribution is -2.07. The van der Waals surface area contributed by atoms with E-state index in [-0.39, 0.29) is 6.61 Å². The van der Waals surface area contributed by atoms with E-state index in [9.17, 15) is 0 Å². The molecule has 0 aliphatic heterocycles. The fourth-order valence-electron chi connectivity index (χ4n) is 3.44. The van der Waals surface area contributed by atoms with Crippen LogP contribution in [-0.2, 0) is 0 Å². The molecule has 3 rings (SSSR count). The van der Waals surface area contributed by atoms with E-state index in [2.05, 4.69) is 43.4 Å². The third kappa shape index (κ3) is 5.16. The number of aryl methyl sites for hydroxylation is 2. The molecule has 7 heteroatoms. The largest absolute Gasteiger partial charge is 0.496 e. The topological polar surface area (TPSA) is 75.8 Å². The number of hydrogen-bond donors (Lipinski definition) is 1. The van der Waals surface area contributed by atoms with Gasteiger partial charge < -0.3 is 14.4 Å². The van der Waals surface area contributed by atoms with Crippen LogP contribution in [0.25, 0.3) is 22.4 Å². The summed E-state index contributed by atoms with van der Waals surface area (Å²) in [5, 5.41) is 13.3. The minimum absolute atomic E-state index is 0.250.